The highest BCUT2D eigenvalue weighted by Crippen LogP contribution is 2.61. The summed E-state index contributed by atoms with van der Waals surface area (Å²) in [6, 6.07) is 0. The molecule has 1 unspecified atom stereocenters. The van der Waals surface area contributed by atoms with E-state index in [0.717, 1.165) is 11.1 Å². The van der Waals surface area contributed by atoms with Gasteiger partial charge < -0.3 is 23.7 Å². The third-order valence-corrected chi connectivity index (χ3v) is 9.88. The largest absolute Gasteiger partial charge is 0.462 e. The van der Waals surface area contributed by atoms with E-state index in [1.165, 1.54) is 27.7 Å². The molecule has 0 amide bonds. The molecule has 0 aromatic heterocycles. The maximum absolute atomic E-state index is 13.6. The minimum absolute atomic E-state index is 0.0215. The zero-order chi connectivity index (χ0) is 32.6. The van der Waals surface area contributed by atoms with E-state index >= 15 is 0 Å². The fourth-order valence-electron chi connectivity index (χ4n) is 7.77. The first-order chi connectivity index (χ1) is 19.9. The fraction of sp³-hybridized carbons (Fsp3) is 0.727. The number of hydrogen-bond acceptors (Lipinski definition) is 10. The van der Waals surface area contributed by atoms with Crippen molar-refractivity contribution in [3.8, 4) is 0 Å². The van der Waals surface area contributed by atoms with E-state index in [4.69, 9.17) is 23.7 Å². The van der Waals surface area contributed by atoms with Crippen LogP contribution in [0.4, 0.5) is 0 Å². The number of fused-ring (bicyclic) bond motifs is 3. The minimum atomic E-state index is -1.33. The van der Waals surface area contributed by atoms with Crippen LogP contribution < -0.4 is 0 Å². The number of carbonyl (C=O) groups is 5. The van der Waals surface area contributed by atoms with Crippen molar-refractivity contribution in [3.63, 3.8) is 0 Å². The SMILES string of the molecule is C=C1[C@@H](OC(C)=O)C[C@H](OC(C)=O)[C@@]2(C)[C@@H](OC(C)=O)[C@H](OC(C)=O)C3=C(C)CC[C@@H]([C@@H](OC(=O)C(C)CC)[C@H]12)C3(C)C. The van der Waals surface area contributed by atoms with Crippen molar-refractivity contribution in [1.82, 2.24) is 0 Å². The van der Waals surface area contributed by atoms with Crippen LogP contribution in [-0.2, 0) is 47.7 Å². The lowest BCUT2D eigenvalue weighted by Crippen LogP contribution is -2.68. The van der Waals surface area contributed by atoms with Crippen LogP contribution >= 0.6 is 0 Å². The average Bonchev–Trinajstić information content (AvgIpc) is 2.87. The summed E-state index contributed by atoms with van der Waals surface area (Å²) >= 11 is 0. The van der Waals surface area contributed by atoms with Gasteiger partial charge in [-0.25, -0.2) is 0 Å². The molecule has 240 valence electrons. The van der Waals surface area contributed by atoms with E-state index in [0.29, 0.717) is 24.8 Å². The Bertz CT molecular complexity index is 1200. The highest BCUT2D eigenvalue weighted by atomic mass is 16.6. The Morgan fingerprint density at radius 2 is 1.44 bits per heavy atom. The Morgan fingerprint density at radius 3 is 1.95 bits per heavy atom. The molecule has 0 heterocycles. The second kappa shape index (κ2) is 12.8. The van der Waals surface area contributed by atoms with Gasteiger partial charge in [-0.3, -0.25) is 24.0 Å². The molecule has 2 bridgehead atoms. The molecule has 10 nitrogen and oxygen atoms in total. The van der Waals surface area contributed by atoms with Crippen LogP contribution in [0.2, 0.25) is 0 Å². The van der Waals surface area contributed by atoms with Crippen LogP contribution in [0.1, 0.15) is 94.9 Å². The summed E-state index contributed by atoms with van der Waals surface area (Å²) in [6.07, 6.45) is -3.07. The van der Waals surface area contributed by atoms with Gasteiger partial charge in [-0.05, 0) is 42.7 Å². The zero-order valence-corrected chi connectivity index (χ0v) is 27.2. The maximum Gasteiger partial charge on any atom is 0.308 e. The van der Waals surface area contributed by atoms with Gasteiger partial charge in [0.2, 0.25) is 0 Å². The Morgan fingerprint density at radius 1 is 0.884 bits per heavy atom. The predicted molar refractivity (Wildman–Crippen MR) is 156 cm³/mol. The Hall–Kier alpha value is -3.17. The summed E-state index contributed by atoms with van der Waals surface area (Å²) in [5.74, 6) is -4.28. The van der Waals surface area contributed by atoms with Gasteiger partial charge in [0.1, 0.15) is 18.3 Å². The first kappa shape index (κ1) is 34.3. The molecule has 0 aromatic carbocycles. The fourth-order valence-corrected chi connectivity index (χ4v) is 7.77. The third-order valence-electron chi connectivity index (χ3n) is 9.88. The molecule has 0 radical (unpaired) electrons. The van der Waals surface area contributed by atoms with E-state index in [1.54, 1.807) is 13.8 Å². The summed E-state index contributed by atoms with van der Waals surface area (Å²) in [5, 5.41) is 0. The number of ether oxygens (including phenoxy) is 5. The van der Waals surface area contributed by atoms with Gasteiger partial charge in [0, 0.05) is 46.0 Å². The Kier molecular flexibility index (Phi) is 10.2. The molecule has 0 spiro atoms. The molecule has 3 aliphatic carbocycles. The van der Waals surface area contributed by atoms with E-state index in [2.05, 4.69) is 6.58 Å². The highest BCUT2D eigenvalue weighted by Gasteiger charge is 2.67. The van der Waals surface area contributed by atoms with Crippen molar-refractivity contribution in [2.24, 2.45) is 28.6 Å². The molecule has 2 fully saturated rings. The predicted octanol–water partition coefficient (Wildman–Crippen LogP) is 5.02. The third kappa shape index (κ3) is 6.53. The molecule has 10 heteroatoms. The standard InChI is InChI=1S/C33H48O10/c1-12-16(2)31(38)43-28-23-14-13-17(3)26(32(23,9)10)29(41-21(7)36)30(42-22(8)37)33(11)25(40-20(6)35)15-24(39-19(5)34)18(4)27(28)33/h16,23-25,27-30H,4,12-15H2,1-3,5-11H3/t16?,23-,24-,25-,27-,28+,29+,30-,33+/m0/s1. The van der Waals surface area contributed by atoms with Gasteiger partial charge in [-0.2, -0.15) is 0 Å². The molecule has 0 aliphatic heterocycles. The van der Waals surface area contributed by atoms with E-state index in [-0.39, 0.29) is 12.3 Å². The maximum atomic E-state index is 13.6. The monoisotopic (exact) mass is 604 g/mol. The summed E-state index contributed by atoms with van der Waals surface area (Å²) < 4.78 is 30.3. The van der Waals surface area contributed by atoms with Gasteiger partial charge in [-0.1, -0.05) is 46.8 Å². The lowest BCUT2D eigenvalue weighted by atomic mass is 9.48. The highest BCUT2D eigenvalue weighted by molar-refractivity contribution is 5.72. The first-order valence-corrected chi connectivity index (χ1v) is 15.2. The molecular weight excluding hydrogens is 556 g/mol. The van der Waals surface area contributed by atoms with Crippen molar-refractivity contribution in [1.29, 1.82) is 0 Å². The smallest absolute Gasteiger partial charge is 0.308 e. The number of hydrogen-bond donors (Lipinski definition) is 0. The van der Waals surface area contributed by atoms with Crippen LogP contribution in [0.5, 0.6) is 0 Å². The van der Waals surface area contributed by atoms with Gasteiger partial charge in [-0.15, -0.1) is 0 Å². The van der Waals surface area contributed by atoms with Crippen molar-refractivity contribution >= 4 is 29.8 Å². The Labute approximate surface area is 254 Å². The van der Waals surface area contributed by atoms with Crippen LogP contribution in [0, 0.1) is 28.6 Å². The molecule has 43 heavy (non-hydrogen) atoms. The van der Waals surface area contributed by atoms with Crippen molar-refractivity contribution < 1.29 is 47.7 Å². The van der Waals surface area contributed by atoms with Gasteiger partial charge in [0.25, 0.3) is 0 Å². The van der Waals surface area contributed by atoms with Crippen LogP contribution in [0.15, 0.2) is 23.3 Å². The summed E-state index contributed by atoms with van der Waals surface area (Å²) in [7, 11) is 0. The quantitative estimate of drug-likeness (QED) is 0.222. The van der Waals surface area contributed by atoms with E-state index in [1.807, 2.05) is 27.7 Å². The van der Waals surface area contributed by atoms with Gasteiger partial charge in [0.05, 0.1) is 11.3 Å². The number of carbonyl (C=O) groups excluding carboxylic acids is 5. The summed E-state index contributed by atoms with van der Waals surface area (Å²) in [6.45, 7) is 21.0. The topological polar surface area (TPSA) is 132 Å². The van der Waals surface area contributed by atoms with E-state index in [9.17, 15) is 24.0 Å². The van der Waals surface area contributed by atoms with E-state index < -0.39 is 83.0 Å². The van der Waals surface area contributed by atoms with Crippen molar-refractivity contribution in [2.45, 2.75) is 125 Å². The lowest BCUT2D eigenvalue weighted by Gasteiger charge is -2.61. The Balaban J connectivity index is 2.47. The molecular formula is C33H48O10. The van der Waals surface area contributed by atoms with Crippen LogP contribution in [-0.4, -0.2) is 60.4 Å². The molecule has 2 saturated carbocycles. The van der Waals surface area contributed by atoms with Crippen LogP contribution in [0.25, 0.3) is 0 Å². The molecule has 3 aliphatic rings. The number of allylic oxidation sites excluding steroid dienone is 1. The molecule has 0 N–H and O–H groups in total. The molecule has 0 saturated heterocycles. The summed E-state index contributed by atoms with van der Waals surface area (Å²) in [5.41, 5.74) is 0.184. The van der Waals surface area contributed by atoms with Crippen molar-refractivity contribution in [3.05, 3.63) is 23.3 Å². The average molecular weight is 605 g/mol. The number of esters is 5. The van der Waals surface area contributed by atoms with Crippen molar-refractivity contribution in [2.75, 3.05) is 0 Å². The van der Waals surface area contributed by atoms with Gasteiger partial charge >= 0.3 is 29.8 Å². The first-order valence-electron chi connectivity index (χ1n) is 15.2. The normalized spacial score (nSPS) is 34.0. The summed E-state index contributed by atoms with van der Waals surface area (Å²) in [4.78, 5) is 63.9. The molecule has 0 aromatic rings. The second-order valence-electron chi connectivity index (χ2n) is 13.2. The number of rotatable bonds is 7. The molecule has 3 rings (SSSR count). The van der Waals surface area contributed by atoms with Gasteiger partial charge in [0.15, 0.2) is 12.2 Å². The zero-order valence-electron chi connectivity index (χ0n) is 27.2. The molecule has 9 atom stereocenters. The van der Waals surface area contributed by atoms with Crippen LogP contribution in [0.3, 0.4) is 0 Å². The second-order valence-corrected chi connectivity index (χ2v) is 13.2. The lowest BCUT2D eigenvalue weighted by molar-refractivity contribution is -0.229. The minimum Gasteiger partial charge on any atom is -0.462 e.